The molecule has 6 nitrogen and oxygen atoms in total. The molecule has 0 fully saturated rings. The van der Waals surface area contributed by atoms with Gasteiger partial charge in [0.2, 0.25) is 0 Å². The molecule has 9 heteroatoms. The number of ketones is 1. The molecule has 0 aliphatic rings. The number of fused-ring (bicyclic) bond motifs is 1. The topological polar surface area (TPSA) is 96.0 Å². The predicted octanol–water partition coefficient (Wildman–Crippen LogP) is 3.89. The van der Waals surface area contributed by atoms with Crippen molar-refractivity contribution in [1.29, 1.82) is 5.26 Å². The maximum absolute atomic E-state index is 12.9. The fourth-order valence-corrected chi connectivity index (χ4v) is 2.39. The summed E-state index contributed by atoms with van der Waals surface area (Å²) in [5.74, 6) is -0.690. The zero-order chi connectivity index (χ0) is 20.3. The van der Waals surface area contributed by atoms with Gasteiger partial charge < -0.3 is 9.73 Å². The zero-order valence-corrected chi connectivity index (χ0v) is 13.9. The number of allylic oxidation sites excluding steroid dienone is 1. The molecule has 0 unspecified atom stereocenters. The van der Waals surface area contributed by atoms with Gasteiger partial charge in [0.1, 0.15) is 17.2 Å². The minimum atomic E-state index is -4.75. The maximum atomic E-state index is 12.9. The van der Waals surface area contributed by atoms with Crippen molar-refractivity contribution < 1.29 is 22.4 Å². The van der Waals surface area contributed by atoms with Crippen molar-refractivity contribution in [3.05, 3.63) is 82.1 Å². The van der Waals surface area contributed by atoms with Gasteiger partial charge in [-0.15, -0.1) is 0 Å². The van der Waals surface area contributed by atoms with Crippen LogP contribution in [-0.2, 0) is 6.18 Å². The third-order valence-corrected chi connectivity index (χ3v) is 3.69. The highest BCUT2D eigenvalue weighted by atomic mass is 19.4. The van der Waals surface area contributed by atoms with Crippen molar-refractivity contribution >= 4 is 22.4 Å². The van der Waals surface area contributed by atoms with Crippen LogP contribution < -0.4 is 10.9 Å². The number of nitrogens with one attached hydrogen (secondary N) is 1. The molecule has 3 aromatic rings. The lowest BCUT2D eigenvalue weighted by molar-refractivity contribution is -0.138. The van der Waals surface area contributed by atoms with Crippen LogP contribution in [-0.4, -0.2) is 10.8 Å². The number of rotatable bonds is 4. The lowest BCUT2D eigenvalue weighted by Gasteiger charge is -2.09. The number of nitriles is 1. The summed E-state index contributed by atoms with van der Waals surface area (Å²) >= 11 is 0. The quantitative estimate of drug-likeness (QED) is 0.416. The van der Waals surface area contributed by atoms with E-state index in [1.54, 1.807) is 24.3 Å². The van der Waals surface area contributed by atoms with Crippen molar-refractivity contribution in [1.82, 2.24) is 4.98 Å². The lowest BCUT2D eigenvalue weighted by atomic mass is 10.1. The van der Waals surface area contributed by atoms with Gasteiger partial charge in [-0.05, 0) is 18.2 Å². The van der Waals surface area contributed by atoms with Crippen LogP contribution >= 0.6 is 0 Å². The van der Waals surface area contributed by atoms with Crippen LogP contribution in [0.3, 0.4) is 0 Å². The van der Waals surface area contributed by atoms with E-state index in [2.05, 4.69) is 10.3 Å². The summed E-state index contributed by atoms with van der Waals surface area (Å²) in [4.78, 5) is 27.6. The minimum absolute atomic E-state index is 0.0825. The van der Waals surface area contributed by atoms with Gasteiger partial charge >= 0.3 is 11.8 Å². The Morgan fingerprint density at radius 2 is 2.00 bits per heavy atom. The fraction of sp³-hybridized carbons (Fsp3) is 0.0526. The fourth-order valence-electron chi connectivity index (χ4n) is 2.39. The van der Waals surface area contributed by atoms with Crippen LogP contribution in [0, 0.1) is 11.3 Å². The number of hydrogen-bond donors (Lipinski definition) is 1. The lowest BCUT2D eigenvalue weighted by Crippen LogP contribution is -2.12. The second-order valence-corrected chi connectivity index (χ2v) is 5.56. The molecule has 2 aromatic heterocycles. The highest BCUT2D eigenvalue weighted by Gasteiger charge is 2.34. The molecule has 0 bridgehead atoms. The van der Waals surface area contributed by atoms with Crippen molar-refractivity contribution in [2.45, 2.75) is 6.18 Å². The number of para-hydroxylation sites is 1. The molecule has 0 aliphatic carbocycles. The van der Waals surface area contributed by atoms with E-state index in [-0.39, 0.29) is 11.3 Å². The van der Waals surface area contributed by atoms with E-state index < -0.39 is 28.8 Å². The monoisotopic (exact) mass is 385 g/mol. The van der Waals surface area contributed by atoms with Crippen LogP contribution in [0.2, 0.25) is 0 Å². The van der Waals surface area contributed by atoms with Gasteiger partial charge in [-0.3, -0.25) is 4.79 Å². The van der Waals surface area contributed by atoms with Crippen molar-refractivity contribution in [3.8, 4) is 6.07 Å². The average Bonchev–Trinajstić information content (AvgIpc) is 2.66. The van der Waals surface area contributed by atoms with Crippen molar-refractivity contribution in [2.24, 2.45) is 0 Å². The summed E-state index contributed by atoms with van der Waals surface area (Å²) in [5, 5.41) is 11.7. The maximum Gasteiger partial charge on any atom is 0.419 e. The number of aromatic nitrogens is 1. The normalized spacial score (nSPS) is 11.5. The summed E-state index contributed by atoms with van der Waals surface area (Å²) < 4.78 is 43.8. The minimum Gasteiger partial charge on any atom is -0.422 e. The van der Waals surface area contributed by atoms with Gasteiger partial charge in [0.25, 0.3) is 0 Å². The molecule has 140 valence electrons. The van der Waals surface area contributed by atoms with E-state index in [1.165, 1.54) is 12.1 Å². The van der Waals surface area contributed by atoms with Gasteiger partial charge in [0.05, 0.1) is 17.4 Å². The van der Waals surface area contributed by atoms with E-state index in [4.69, 9.17) is 9.68 Å². The smallest absolute Gasteiger partial charge is 0.419 e. The number of nitrogens with zero attached hydrogens (tertiary/aromatic N) is 2. The van der Waals surface area contributed by atoms with Crippen molar-refractivity contribution in [2.75, 3.05) is 5.32 Å². The second kappa shape index (κ2) is 7.36. The molecule has 0 radical (unpaired) electrons. The highest BCUT2D eigenvalue weighted by molar-refractivity contribution is 6.05. The molecule has 0 saturated carbocycles. The third kappa shape index (κ3) is 3.91. The van der Waals surface area contributed by atoms with Gasteiger partial charge in [-0.1, -0.05) is 18.2 Å². The molecule has 1 aromatic carbocycles. The number of carbonyl (C=O) groups is 1. The number of halogens is 3. The van der Waals surface area contributed by atoms with E-state index in [9.17, 15) is 22.8 Å². The van der Waals surface area contributed by atoms with Crippen LogP contribution in [0.25, 0.3) is 11.0 Å². The highest BCUT2D eigenvalue weighted by Crippen LogP contribution is 2.32. The Balaban J connectivity index is 1.82. The van der Waals surface area contributed by atoms with Crippen LogP contribution in [0.5, 0.6) is 0 Å². The second-order valence-electron chi connectivity index (χ2n) is 5.56. The first kappa shape index (κ1) is 18.8. The molecular weight excluding hydrogens is 375 g/mol. The van der Waals surface area contributed by atoms with Crippen LogP contribution in [0.1, 0.15) is 21.6 Å². The Morgan fingerprint density at radius 1 is 1.25 bits per heavy atom. The molecule has 0 aliphatic heterocycles. The van der Waals surface area contributed by atoms with Gasteiger partial charge in [0, 0.05) is 17.7 Å². The molecule has 1 N–H and O–H groups in total. The summed E-state index contributed by atoms with van der Waals surface area (Å²) in [6.45, 7) is 0. The van der Waals surface area contributed by atoms with Crippen LogP contribution in [0.15, 0.2) is 64.1 Å². The van der Waals surface area contributed by atoms with Crippen LogP contribution in [0.4, 0.5) is 18.9 Å². The Labute approximate surface area is 155 Å². The number of pyridine rings is 1. The third-order valence-electron chi connectivity index (χ3n) is 3.69. The summed E-state index contributed by atoms with van der Waals surface area (Å²) in [7, 11) is 0. The molecule has 2 heterocycles. The molecular formula is C19H10F3N3O3. The summed E-state index contributed by atoms with van der Waals surface area (Å²) in [5.41, 5.74) is -2.75. The molecule has 0 saturated heterocycles. The molecule has 3 rings (SSSR count). The standard InChI is InChI=1S/C19H10F3N3O3/c20-19(21,22)14-8-12(10-25-15(14)9-23)24-6-5-16(26)13-7-11-3-1-2-4-17(11)28-18(13)27/h1-8,10,24H/b6-5+. The Kier molecular flexibility index (Phi) is 4.96. The Bertz CT molecular complexity index is 1190. The molecule has 28 heavy (non-hydrogen) atoms. The Hall–Kier alpha value is -3.93. The van der Waals surface area contributed by atoms with Crippen molar-refractivity contribution in [3.63, 3.8) is 0 Å². The van der Waals surface area contributed by atoms with E-state index in [0.717, 1.165) is 18.5 Å². The summed E-state index contributed by atoms with van der Waals surface area (Å²) in [6.07, 6.45) is -1.68. The number of hydrogen-bond acceptors (Lipinski definition) is 6. The van der Waals surface area contributed by atoms with Gasteiger partial charge in [-0.2, -0.15) is 18.4 Å². The summed E-state index contributed by atoms with van der Waals surface area (Å²) in [6, 6.07) is 10.1. The van der Waals surface area contributed by atoms with E-state index in [0.29, 0.717) is 17.0 Å². The molecule has 0 spiro atoms. The first-order valence-corrected chi connectivity index (χ1v) is 7.77. The first-order valence-electron chi connectivity index (χ1n) is 7.77. The SMILES string of the molecule is N#Cc1ncc(N/C=C/C(=O)c2cc3ccccc3oc2=O)cc1C(F)(F)F. The van der Waals surface area contributed by atoms with Gasteiger partial charge in [-0.25, -0.2) is 9.78 Å². The largest absolute Gasteiger partial charge is 0.422 e. The number of anilines is 1. The number of benzene rings is 1. The molecule has 0 atom stereocenters. The number of carbonyl (C=O) groups excluding carboxylic acids is 1. The zero-order valence-electron chi connectivity index (χ0n) is 13.9. The molecule has 0 amide bonds. The average molecular weight is 385 g/mol. The van der Waals surface area contributed by atoms with Gasteiger partial charge in [0.15, 0.2) is 11.5 Å². The van der Waals surface area contributed by atoms with E-state index in [1.807, 2.05) is 0 Å². The first-order chi connectivity index (χ1) is 13.3. The Morgan fingerprint density at radius 3 is 2.71 bits per heavy atom. The number of alkyl halides is 3. The van der Waals surface area contributed by atoms with E-state index >= 15 is 0 Å². The predicted molar refractivity (Wildman–Crippen MR) is 93.5 cm³/mol.